The van der Waals surface area contributed by atoms with Crippen LogP contribution < -0.4 is 11.1 Å². The van der Waals surface area contributed by atoms with Crippen LogP contribution in [0.4, 0.5) is 10.8 Å². The van der Waals surface area contributed by atoms with E-state index in [1.54, 1.807) is 0 Å². The number of anilines is 1. The van der Waals surface area contributed by atoms with E-state index in [2.05, 4.69) is 15.5 Å². The van der Waals surface area contributed by atoms with Gasteiger partial charge in [0.25, 0.3) is 11.6 Å². The molecule has 2 rings (SSSR count). The van der Waals surface area contributed by atoms with Gasteiger partial charge in [-0.25, -0.2) is 0 Å². The summed E-state index contributed by atoms with van der Waals surface area (Å²) in [7, 11) is 0. The molecule has 21 heavy (non-hydrogen) atoms. The molecule has 1 heterocycles. The molecule has 1 aromatic heterocycles. The number of nitrogens with two attached hydrogens (primary N) is 1. The predicted octanol–water partition coefficient (Wildman–Crippen LogP) is 1.59. The van der Waals surface area contributed by atoms with Crippen LogP contribution in [-0.2, 0) is 6.42 Å². The number of amides is 1. The van der Waals surface area contributed by atoms with Crippen molar-refractivity contribution in [2.24, 2.45) is 5.73 Å². The van der Waals surface area contributed by atoms with E-state index in [1.165, 1.54) is 35.6 Å². The largest absolute Gasteiger partial charge is 0.330 e. The third kappa shape index (κ3) is 4.04. The maximum atomic E-state index is 12.0. The number of nitro groups is 1. The van der Waals surface area contributed by atoms with Crippen LogP contribution in [0.5, 0.6) is 0 Å². The minimum atomic E-state index is -0.518. The van der Waals surface area contributed by atoms with Crippen molar-refractivity contribution in [3.05, 3.63) is 45.0 Å². The Labute approximate surface area is 124 Å². The highest BCUT2D eigenvalue weighted by atomic mass is 32.1. The summed E-state index contributed by atoms with van der Waals surface area (Å²) >= 11 is 1.29. The van der Waals surface area contributed by atoms with Crippen LogP contribution in [0.2, 0.25) is 0 Å². The van der Waals surface area contributed by atoms with Gasteiger partial charge >= 0.3 is 0 Å². The summed E-state index contributed by atoms with van der Waals surface area (Å²) < 4.78 is 0. The van der Waals surface area contributed by atoms with Gasteiger partial charge in [-0.3, -0.25) is 20.2 Å². The second-order valence-corrected chi connectivity index (χ2v) is 5.21. The molecule has 1 amide bonds. The number of nitro benzene ring substituents is 1. The van der Waals surface area contributed by atoms with Gasteiger partial charge in [0, 0.05) is 24.1 Å². The van der Waals surface area contributed by atoms with Crippen molar-refractivity contribution in [2.45, 2.75) is 12.8 Å². The number of aromatic nitrogens is 2. The topological polar surface area (TPSA) is 124 Å². The lowest BCUT2D eigenvalue weighted by atomic mass is 10.2. The number of hydrogen-bond donors (Lipinski definition) is 2. The average Bonchev–Trinajstić information content (AvgIpc) is 2.92. The lowest BCUT2D eigenvalue weighted by Crippen LogP contribution is -2.11. The van der Waals surface area contributed by atoms with Crippen molar-refractivity contribution in [1.29, 1.82) is 0 Å². The zero-order chi connectivity index (χ0) is 15.2. The number of rotatable bonds is 6. The Morgan fingerprint density at radius 3 is 2.67 bits per heavy atom. The Bertz CT molecular complexity index is 641. The molecule has 0 saturated heterocycles. The summed E-state index contributed by atoms with van der Waals surface area (Å²) in [5.41, 5.74) is 5.67. The minimum absolute atomic E-state index is 0.0634. The van der Waals surface area contributed by atoms with Gasteiger partial charge in [0.05, 0.1) is 4.92 Å². The average molecular weight is 307 g/mol. The second kappa shape index (κ2) is 6.86. The number of nitrogens with one attached hydrogen (secondary N) is 1. The van der Waals surface area contributed by atoms with Crippen molar-refractivity contribution in [2.75, 3.05) is 11.9 Å². The number of benzene rings is 1. The Morgan fingerprint density at radius 1 is 1.33 bits per heavy atom. The maximum Gasteiger partial charge on any atom is 0.269 e. The number of non-ortho nitro benzene ring substituents is 1. The number of nitrogens with zero attached hydrogens (tertiary/aromatic N) is 3. The molecule has 0 aliphatic carbocycles. The van der Waals surface area contributed by atoms with Crippen LogP contribution in [0.3, 0.4) is 0 Å². The first-order valence-electron chi connectivity index (χ1n) is 6.18. The fraction of sp³-hybridized carbons (Fsp3) is 0.250. The van der Waals surface area contributed by atoms with Crippen molar-refractivity contribution in [3.63, 3.8) is 0 Å². The van der Waals surface area contributed by atoms with E-state index in [9.17, 15) is 14.9 Å². The first kappa shape index (κ1) is 15.0. The Balaban J connectivity index is 2.00. The van der Waals surface area contributed by atoms with Gasteiger partial charge in [-0.1, -0.05) is 11.3 Å². The van der Waals surface area contributed by atoms with Gasteiger partial charge in [0.1, 0.15) is 5.01 Å². The zero-order valence-electron chi connectivity index (χ0n) is 11.0. The molecule has 0 fully saturated rings. The molecule has 110 valence electrons. The van der Waals surface area contributed by atoms with Crippen LogP contribution in [0.25, 0.3) is 0 Å². The number of carbonyl (C=O) groups excluding carboxylic acids is 1. The molecule has 0 unspecified atom stereocenters. The SMILES string of the molecule is NCCCc1nnc(NC(=O)c2ccc([N+](=O)[O-])cc2)s1. The highest BCUT2D eigenvalue weighted by Gasteiger charge is 2.12. The van der Waals surface area contributed by atoms with E-state index in [1.807, 2.05) is 0 Å². The molecule has 0 aliphatic rings. The monoisotopic (exact) mass is 307 g/mol. The molecule has 0 radical (unpaired) electrons. The molecule has 0 saturated carbocycles. The first-order chi connectivity index (χ1) is 10.1. The summed E-state index contributed by atoms with van der Waals surface area (Å²) in [6, 6.07) is 5.34. The third-order valence-electron chi connectivity index (χ3n) is 2.62. The van der Waals surface area contributed by atoms with Gasteiger partial charge in [0.2, 0.25) is 5.13 Å². The lowest BCUT2D eigenvalue weighted by molar-refractivity contribution is -0.384. The standard InChI is InChI=1S/C12H13N5O3S/c13-7-1-2-10-15-16-12(21-10)14-11(18)8-3-5-9(6-4-8)17(19)20/h3-6H,1-2,7,13H2,(H,14,16,18). The van der Waals surface area contributed by atoms with Crippen molar-refractivity contribution in [1.82, 2.24) is 10.2 Å². The van der Waals surface area contributed by atoms with Crippen molar-refractivity contribution < 1.29 is 9.72 Å². The van der Waals surface area contributed by atoms with Gasteiger partial charge in [-0.15, -0.1) is 10.2 Å². The Kier molecular flexibility index (Phi) is 4.90. The van der Waals surface area contributed by atoms with E-state index in [0.29, 0.717) is 17.2 Å². The molecule has 0 atom stereocenters. The lowest BCUT2D eigenvalue weighted by Gasteiger charge is -2.00. The smallest absolute Gasteiger partial charge is 0.269 e. The Hall–Kier alpha value is -2.39. The van der Waals surface area contributed by atoms with Gasteiger partial charge in [-0.05, 0) is 25.1 Å². The second-order valence-electron chi connectivity index (χ2n) is 4.15. The fourth-order valence-corrected chi connectivity index (χ4v) is 2.34. The number of hydrogen-bond acceptors (Lipinski definition) is 7. The van der Waals surface area contributed by atoms with E-state index >= 15 is 0 Å². The highest BCUT2D eigenvalue weighted by molar-refractivity contribution is 7.15. The van der Waals surface area contributed by atoms with Gasteiger partial charge < -0.3 is 5.73 Å². The third-order valence-corrected chi connectivity index (χ3v) is 3.52. The summed E-state index contributed by atoms with van der Waals surface area (Å²) in [6.45, 7) is 0.573. The Morgan fingerprint density at radius 2 is 2.05 bits per heavy atom. The van der Waals surface area contributed by atoms with Crippen LogP contribution in [0.15, 0.2) is 24.3 Å². The molecule has 2 aromatic rings. The quantitative estimate of drug-likeness (QED) is 0.617. The first-order valence-corrected chi connectivity index (χ1v) is 7.00. The predicted molar refractivity (Wildman–Crippen MR) is 78.3 cm³/mol. The van der Waals surface area contributed by atoms with Crippen LogP contribution >= 0.6 is 11.3 Å². The molecule has 0 spiro atoms. The van der Waals surface area contributed by atoms with E-state index in [0.717, 1.165) is 17.8 Å². The minimum Gasteiger partial charge on any atom is -0.330 e. The zero-order valence-corrected chi connectivity index (χ0v) is 11.8. The molecule has 1 aromatic carbocycles. The maximum absolute atomic E-state index is 12.0. The van der Waals surface area contributed by atoms with Gasteiger partial charge in [0.15, 0.2) is 0 Å². The van der Waals surface area contributed by atoms with Gasteiger partial charge in [-0.2, -0.15) is 0 Å². The summed E-state index contributed by atoms with van der Waals surface area (Å²) in [5, 5.41) is 22.2. The molecular formula is C12H13N5O3S. The summed E-state index contributed by atoms with van der Waals surface area (Å²) in [6.07, 6.45) is 1.53. The normalized spacial score (nSPS) is 10.3. The van der Waals surface area contributed by atoms with Crippen molar-refractivity contribution in [3.8, 4) is 0 Å². The highest BCUT2D eigenvalue weighted by Crippen LogP contribution is 2.18. The van der Waals surface area contributed by atoms with E-state index in [-0.39, 0.29) is 11.6 Å². The summed E-state index contributed by atoms with van der Waals surface area (Å²) in [4.78, 5) is 22.0. The van der Waals surface area contributed by atoms with Crippen LogP contribution in [0, 0.1) is 10.1 Å². The molecule has 8 nitrogen and oxygen atoms in total. The van der Waals surface area contributed by atoms with Crippen molar-refractivity contribution >= 4 is 28.1 Å². The molecule has 3 N–H and O–H groups in total. The van der Waals surface area contributed by atoms with Crippen LogP contribution in [0.1, 0.15) is 21.8 Å². The summed E-state index contributed by atoms with van der Waals surface area (Å²) in [5.74, 6) is -0.383. The van der Waals surface area contributed by atoms with Crippen LogP contribution in [-0.4, -0.2) is 27.6 Å². The van der Waals surface area contributed by atoms with E-state index < -0.39 is 4.92 Å². The molecular weight excluding hydrogens is 294 g/mol. The fourth-order valence-electron chi connectivity index (χ4n) is 1.56. The number of carbonyl (C=O) groups is 1. The molecule has 0 aliphatic heterocycles. The van der Waals surface area contributed by atoms with E-state index in [4.69, 9.17) is 5.73 Å². The number of aryl methyl sites for hydroxylation is 1. The molecule has 9 heteroatoms. The molecule has 0 bridgehead atoms.